The molecule has 2 rings (SSSR count). The Labute approximate surface area is 111 Å². The van der Waals surface area contributed by atoms with Crippen LogP contribution >= 0.6 is 11.5 Å². The Hall–Kier alpha value is -1.30. The van der Waals surface area contributed by atoms with E-state index in [-0.39, 0.29) is 6.04 Å². The molecule has 18 heavy (non-hydrogen) atoms. The predicted molar refractivity (Wildman–Crippen MR) is 74.6 cm³/mol. The van der Waals surface area contributed by atoms with Crippen molar-refractivity contribution in [3.8, 4) is 0 Å². The van der Waals surface area contributed by atoms with Crippen molar-refractivity contribution in [1.29, 1.82) is 0 Å². The normalized spacial score (nSPS) is 12.6. The van der Waals surface area contributed by atoms with Crippen LogP contribution in [0.5, 0.6) is 0 Å². The van der Waals surface area contributed by atoms with Crippen LogP contribution in [0.4, 0.5) is 0 Å². The summed E-state index contributed by atoms with van der Waals surface area (Å²) >= 11 is 1.42. The van der Waals surface area contributed by atoms with E-state index in [1.807, 2.05) is 0 Å². The Bertz CT molecular complexity index is 492. The van der Waals surface area contributed by atoms with Gasteiger partial charge in [-0.3, -0.25) is 0 Å². The maximum Gasteiger partial charge on any atom is 0.146 e. The molecule has 0 saturated heterocycles. The smallest absolute Gasteiger partial charge is 0.146 e. The molecule has 1 aromatic carbocycles. The predicted octanol–water partition coefficient (Wildman–Crippen LogP) is 1.27. The van der Waals surface area contributed by atoms with Crippen LogP contribution in [0.2, 0.25) is 0 Å². The van der Waals surface area contributed by atoms with E-state index in [0.29, 0.717) is 13.0 Å². The summed E-state index contributed by atoms with van der Waals surface area (Å²) in [5.74, 6) is 0.864. The Morgan fingerprint density at radius 1 is 1.28 bits per heavy atom. The van der Waals surface area contributed by atoms with Gasteiger partial charge in [-0.05, 0) is 24.0 Å². The fourth-order valence-electron chi connectivity index (χ4n) is 1.64. The first-order valence-electron chi connectivity index (χ1n) is 6.00. The van der Waals surface area contributed by atoms with Gasteiger partial charge < -0.3 is 11.5 Å². The van der Waals surface area contributed by atoms with Crippen LogP contribution < -0.4 is 11.5 Å². The van der Waals surface area contributed by atoms with Gasteiger partial charge in [0.05, 0.1) is 0 Å². The van der Waals surface area contributed by atoms with Crippen LogP contribution in [0.3, 0.4) is 0 Å². The molecule has 0 aliphatic rings. The molecule has 0 bridgehead atoms. The Kier molecular flexibility index (Phi) is 4.41. The minimum atomic E-state index is -0.0230. The third-order valence-electron chi connectivity index (χ3n) is 2.73. The van der Waals surface area contributed by atoms with Crippen molar-refractivity contribution in [2.24, 2.45) is 11.5 Å². The number of aryl methyl sites for hydroxylation is 1. The molecule has 4 nitrogen and oxygen atoms in total. The highest BCUT2D eigenvalue weighted by molar-refractivity contribution is 7.05. The summed E-state index contributed by atoms with van der Waals surface area (Å²) in [6.45, 7) is 2.56. The molecule has 0 saturated carbocycles. The number of benzene rings is 1. The first kappa shape index (κ1) is 13.1. The number of nitrogens with two attached hydrogens (primary N) is 2. The van der Waals surface area contributed by atoms with Gasteiger partial charge in [0.2, 0.25) is 0 Å². The monoisotopic (exact) mass is 262 g/mol. The van der Waals surface area contributed by atoms with E-state index >= 15 is 0 Å². The van der Waals surface area contributed by atoms with Crippen LogP contribution in [0.15, 0.2) is 24.3 Å². The second kappa shape index (κ2) is 6.04. The number of nitrogens with zero attached hydrogens (tertiary/aromatic N) is 2. The summed E-state index contributed by atoms with van der Waals surface area (Å²) in [7, 11) is 0. The van der Waals surface area contributed by atoms with Crippen LogP contribution in [0.25, 0.3) is 0 Å². The van der Waals surface area contributed by atoms with E-state index in [0.717, 1.165) is 17.3 Å². The third kappa shape index (κ3) is 3.60. The average Bonchev–Trinajstić information content (AvgIpc) is 2.79. The molecule has 1 unspecified atom stereocenters. The lowest BCUT2D eigenvalue weighted by atomic mass is 10.1. The average molecular weight is 262 g/mol. The van der Waals surface area contributed by atoms with Crippen molar-refractivity contribution in [2.75, 3.05) is 6.54 Å². The molecule has 1 atom stereocenters. The highest BCUT2D eigenvalue weighted by atomic mass is 32.1. The Morgan fingerprint density at radius 2 is 2.00 bits per heavy atom. The summed E-state index contributed by atoms with van der Waals surface area (Å²) in [5.41, 5.74) is 13.8. The molecule has 0 spiro atoms. The molecule has 5 heteroatoms. The standard InChI is InChI=1S/C13H18N4S/c1-9-2-4-10(5-3-9)6-12-16-13(18-17-12)7-11(15)8-14/h2-5,11H,6-8,14-15H2,1H3. The van der Waals surface area contributed by atoms with Gasteiger partial charge in [-0.25, -0.2) is 4.98 Å². The van der Waals surface area contributed by atoms with Crippen LogP contribution in [0.1, 0.15) is 22.0 Å². The van der Waals surface area contributed by atoms with Crippen LogP contribution in [0, 0.1) is 6.92 Å². The van der Waals surface area contributed by atoms with Gasteiger partial charge in [-0.2, -0.15) is 4.37 Å². The molecule has 4 N–H and O–H groups in total. The number of rotatable bonds is 5. The molecule has 0 radical (unpaired) electrons. The van der Waals surface area contributed by atoms with Crippen molar-refractivity contribution >= 4 is 11.5 Å². The maximum absolute atomic E-state index is 5.80. The molecular weight excluding hydrogens is 244 g/mol. The van der Waals surface area contributed by atoms with Crippen molar-refractivity contribution < 1.29 is 0 Å². The highest BCUT2D eigenvalue weighted by Crippen LogP contribution is 2.12. The number of aromatic nitrogens is 2. The second-order valence-electron chi connectivity index (χ2n) is 4.47. The lowest BCUT2D eigenvalue weighted by Gasteiger charge is -2.03. The van der Waals surface area contributed by atoms with Gasteiger partial charge in [-0.15, -0.1) is 0 Å². The van der Waals surface area contributed by atoms with E-state index < -0.39 is 0 Å². The van der Waals surface area contributed by atoms with Crippen LogP contribution in [-0.2, 0) is 12.8 Å². The van der Waals surface area contributed by atoms with Gasteiger partial charge in [0, 0.05) is 25.4 Å². The van der Waals surface area contributed by atoms with E-state index in [1.54, 1.807) is 0 Å². The molecular formula is C13H18N4S. The zero-order valence-electron chi connectivity index (χ0n) is 10.5. The fraction of sp³-hybridized carbons (Fsp3) is 0.385. The molecule has 0 fully saturated rings. The minimum Gasteiger partial charge on any atom is -0.329 e. The van der Waals surface area contributed by atoms with Gasteiger partial charge >= 0.3 is 0 Å². The highest BCUT2D eigenvalue weighted by Gasteiger charge is 2.08. The third-order valence-corrected chi connectivity index (χ3v) is 3.50. The summed E-state index contributed by atoms with van der Waals surface area (Å²) in [4.78, 5) is 4.49. The zero-order chi connectivity index (χ0) is 13.0. The summed E-state index contributed by atoms with van der Waals surface area (Å²) in [6.07, 6.45) is 1.48. The van der Waals surface area contributed by atoms with E-state index in [9.17, 15) is 0 Å². The van der Waals surface area contributed by atoms with Crippen molar-refractivity contribution in [2.45, 2.75) is 25.8 Å². The van der Waals surface area contributed by atoms with Gasteiger partial charge in [0.25, 0.3) is 0 Å². The number of hydrogen-bond donors (Lipinski definition) is 2. The lowest BCUT2D eigenvalue weighted by Crippen LogP contribution is -2.31. The Balaban J connectivity index is 2.00. The lowest BCUT2D eigenvalue weighted by molar-refractivity contribution is 0.674. The second-order valence-corrected chi connectivity index (χ2v) is 5.30. The minimum absolute atomic E-state index is 0.0230. The molecule has 0 amide bonds. The first-order chi connectivity index (χ1) is 8.67. The largest absolute Gasteiger partial charge is 0.329 e. The van der Waals surface area contributed by atoms with Gasteiger partial charge in [-0.1, -0.05) is 29.8 Å². The first-order valence-corrected chi connectivity index (χ1v) is 6.77. The summed E-state index contributed by atoms with van der Waals surface area (Å²) in [6, 6.07) is 8.41. The van der Waals surface area contributed by atoms with Crippen molar-refractivity contribution in [3.63, 3.8) is 0 Å². The van der Waals surface area contributed by atoms with E-state index in [2.05, 4.69) is 40.5 Å². The molecule has 1 heterocycles. The topological polar surface area (TPSA) is 77.8 Å². The van der Waals surface area contributed by atoms with Crippen molar-refractivity contribution in [3.05, 3.63) is 46.2 Å². The zero-order valence-corrected chi connectivity index (χ0v) is 11.3. The maximum atomic E-state index is 5.80. The molecule has 2 aromatic rings. The molecule has 0 aliphatic heterocycles. The number of hydrogen-bond acceptors (Lipinski definition) is 5. The van der Waals surface area contributed by atoms with Gasteiger partial charge in [0.1, 0.15) is 10.8 Å². The molecule has 96 valence electrons. The quantitative estimate of drug-likeness (QED) is 0.850. The molecule has 1 aromatic heterocycles. The van der Waals surface area contributed by atoms with Gasteiger partial charge in [0.15, 0.2) is 0 Å². The fourth-order valence-corrected chi connectivity index (χ4v) is 2.39. The summed E-state index contributed by atoms with van der Waals surface area (Å²) in [5, 5.41) is 0.968. The molecule has 0 aliphatic carbocycles. The van der Waals surface area contributed by atoms with E-state index in [1.165, 1.54) is 22.7 Å². The van der Waals surface area contributed by atoms with Crippen molar-refractivity contribution in [1.82, 2.24) is 9.36 Å². The van der Waals surface area contributed by atoms with E-state index in [4.69, 9.17) is 11.5 Å². The SMILES string of the molecule is Cc1ccc(Cc2nsc(CC(N)CN)n2)cc1. The van der Waals surface area contributed by atoms with Crippen LogP contribution in [-0.4, -0.2) is 21.9 Å². The summed E-state index contributed by atoms with van der Waals surface area (Å²) < 4.78 is 4.36. The Morgan fingerprint density at radius 3 is 2.67 bits per heavy atom.